The summed E-state index contributed by atoms with van der Waals surface area (Å²) in [6.45, 7) is 6.34. The summed E-state index contributed by atoms with van der Waals surface area (Å²) in [6.07, 6.45) is 1.63. The molecule has 0 atom stereocenters. The van der Waals surface area contributed by atoms with Crippen LogP contribution >= 0.6 is 27.5 Å². The monoisotopic (exact) mass is 510 g/mol. The van der Waals surface area contributed by atoms with Gasteiger partial charge in [-0.1, -0.05) is 78.6 Å². The minimum Gasteiger partial charge on any atom is -0.321 e. The van der Waals surface area contributed by atoms with Gasteiger partial charge in [0.25, 0.3) is 11.8 Å². The Hall–Kier alpha value is -2.89. The molecule has 0 heterocycles. The molecule has 2 N–H and O–H groups in total. The maximum Gasteiger partial charge on any atom is 0.272 e. The summed E-state index contributed by atoms with van der Waals surface area (Å²) in [5.74, 6) is -0.815. The van der Waals surface area contributed by atoms with Crippen LogP contribution in [-0.4, -0.2) is 11.8 Å². The van der Waals surface area contributed by atoms with Gasteiger partial charge in [-0.25, -0.2) is 0 Å². The Kier molecular flexibility index (Phi) is 7.54. The highest BCUT2D eigenvalue weighted by atomic mass is 79.9. The SMILES string of the molecule is CC(C)(C)c1ccc(C(=O)NC(=Cc2ccc(Br)cc2)C(=O)Nc2cccc(Cl)c2)cc1. The van der Waals surface area contributed by atoms with Crippen molar-refractivity contribution < 1.29 is 9.59 Å². The molecule has 3 aromatic rings. The summed E-state index contributed by atoms with van der Waals surface area (Å²) in [5.41, 5.74) is 3.00. The molecule has 0 aromatic heterocycles. The van der Waals surface area contributed by atoms with E-state index in [0.717, 1.165) is 15.6 Å². The van der Waals surface area contributed by atoms with Gasteiger partial charge < -0.3 is 10.6 Å². The predicted octanol–water partition coefficient (Wildman–Crippen LogP) is 6.81. The normalized spacial score (nSPS) is 11.7. The molecule has 0 radical (unpaired) electrons. The molecule has 0 aliphatic rings. The second-order valence-corrected chi connectivity index (χ2v) is 9.71. The topological polar surface area (TPSA) is 58.2 Å². The lowest BCUT2D eigenvalue weighted by Crippen LogP contribution is -2.30. The van der Waals surface area contributed by atoms with Crippen molar-refractivity contribution in [3.05, 3.63) is 105 Å². The molecule has 3 rings (SSSR count). The molecule has 0 bridgehead atoms. The first-order valence-corrected chi connectivity index (χ1v) is 11.2. The van der Waals surface area contributed by atoms with Crippen LogP contribution in [0.4, 0.5) is 5.69 Å². The standard InChI is InChI=1S/C26H24BrClN2O2/c1-26(2,3)19-11-9-18(10-12-19)24(31)30-23(15-17-7-13-20(27)14-8-17)25(32)29-22-6-4-5-21(28)16-22/h4-16H,1-3H3,(H,29,32)(H,30,31). The number of hydrogen-bond donors (Lipinski definition) is 2. The van der Waals surface area contributed by atoms with Crippen molar-refractivity contribution in [1.29, 1.82) is 0 Å². The van der Waals surface area contributed by atoms with E-state index >= 15 is 0 Å². The summed E-state index contributed by atoms with van der Waals surface area (Å²) in [7, 11) is 0. The van der Waals surface area contributed by atoms with Crippen LogP contribution in [0.1, 0.15) is 42.3 Å². The fourth-order valence-electron chi connectivity index (χ4n) is 2.96. The zero-order valence-corrected chi connectivity index (χ0v) is 20.4. The van der Waals surface area contributed by atoms with Crippen molar-refractivity contribution in [2.24, 2.45) is 0 Å². The van der Waals surface area contributed by atoms with Gasteiger partial charge in [-0.05, 0) is 65.1 Å². The average molecular weight is 512 g/mol. The first-order valence-electron chi connectivity index (χ1n) is 10.1. The van der Waals surface area contributed by atoms with E-state index in [2.05, 4.69) is 47.3 Å². The summed E-state index contributed by atoms with van der Waals surface area (Å²) in [5, 5.41) is 6.04. The summed E-state index contributed by atoms with van der Waals surface area (Å²) < 4.78 is 0.919. The van der Waals surface area contributed by atoms with Crippen molar-refractivity contribution in [2.45, 2.75) is 26.2 Å². The van der Waals surface area contributed by atoms with Gasteiger partial charge in [-0.2, -0.15) is 0 Å². The van der Waals surface area contributed by atoms with E-state index in [-0.39, 0.29) is 17.0 Å². The van der Waals surface area contributed by atoms with E-state index < -0.39 is 5.91 Å². The molecule has 0 aliphatic carbocycles. The van der Waals surface area contributed by atoms with Gasteiger partial charge in [0.05, 0.1) is 0 Å². The minimum atomic E-state index is -0.449. The molecule has 164 valence electrons. The van der Waals surface area contributed by atoms with Crippen LogP contribution in [0.5, 0.6) is 0 Å². The third-order valence-corrected chi connectivity index (χ3v) is 5.53. The number of rotatable bonds is 5. The molecule has 0 aliphatic heterocycles. The fourth-order valence-corrected chi connectivity index (χ4v) is 3.42. The lowest BCUT2D eigenvalue weighted by atomic mass is 9.87. The first kappa shape index (κ1) is 23.8. The molecular formula is C26H24BrClN2O2. The number of halogens is 2. The molecule has 32 heavy (non-hydrogen) atoms. The van der Waals surface area contributed by atoms with Crippen LogP contribution in [-0.2, 0) is 10.2 Å². The molecule has 0 saturated carbocycles. The maximum atomic E-state index is 13.0. The highest BCUT2D eigenvalue weighted by Crippen LogP contribution is 2.22. The van der Waals surface area contributed by atoms with Crippen molar-refractivity contribution in [3.63, 3.8) is 0 Å². The Bertz CT molecular complexity index is 1150. The number of anilines is 1. The number of benzene rings is 3. The smallest absolute Gasteiger partial charge is 0.272 e. The number of nitrogens with one attached hydrogen (secondary N) is 2. The van der Waals surface area contributed by atoms with E-state index in [1.54, 1.807) is 42.5 Å². The van der Waals surface area contributed by atoms with Gasteiger partial charge in [-0.3, -0.25) is 9.59 Å². The Labute approximate surface area is 201 Å². The van der Waals surface area contributed by atoms with Crippen LogP contribution in [0.25, 0.3) is 6.08 Å². The van der Waals surface area contributed by atoms with Crippen molar-refractivity contribution >= 4 is 51.1 Å². The highest BCUT2D eigenvalue weighted by molar-refractivity contribution is 9.10. The zero-order chi connectivity index (χ0) is 23.3. The van der Waals surface area contributed by atoms with Gasteiger partial charge in [0, 0.05) is 20.7 Å². The van der Waals surface area contributed by atoms with Gasteiger partial charge in [0.2, 0.25) is 0 Å². The van der Waals surface area contributed by atoms with E-state index in [0.29, 0.717) is 16.3 Å². The molecule has 3 aromatic carbocycles. The van der Waals surface area contributed by atoms with Crippen LogP contribution in [0.2, 0.25) is 5.02 Å². The summed E-state index contributed by atoms with van der Waals surface area (Å²) >= 11 is 9.42. The largest absolute Gasteiger partial charge is 0.321 e. The minimum absolute atomic E-state index is 0.0154. The average Bonchev–Trinajstić information content (AvgIpc) is 2.74. The molecule has 2 amide bonds. The molecule has 0 spiro atoms. The van der Waals surface area contributed by atoms with E-state index in [1.807, 2.05) is 36.4 Å². The van der Waals surface area contributed by atoms with Crippen molar-refractivity contribution in [3.8, 4) is 0 Å². The Morgan fingerprint density at radius 3 is 2.19 bits per heavy atom. The third-order valence-electron chi connectivity index (χ3n) is 4.77. The summed E-state index contributed by atoms with van der Waals surface area (Å²) in [6, 6.07) is 21.7. The van der Waals surface area contributed by atoms with Gasteiger partial charge >= 0.3 is 0 Å². The second-order valence-electron chi connectivity index (χ2n) is 8.36. The third kappa shape index (κ3) is 6.55. The lowest BCUT2D eigenvalue weighted by Gasteiger charge is -2.19. The van der Waals surface area contributed by atoms with E-state index in [9.17, 15) is 9.59 Å². The van der Waals surface area contributed by atoms with Crippen LogP contribution in [0.15, 0.2) is 83.0 Å². The van der Waals surface area contributed by atoms with E-state index in [1.165, 1.54) is 0 Å². The van der Waals surface area contributed by atoms with Crippen molar-refractivity contribution in [2.75, 3.05) is 5.32 Å². The molecule has 0 saturated heterocycles. The molecular weight excluding hydrogens is 488 g/mol. The quantitative estimate of drug-likeness (QED) is 0.370. The maximum absolute atomic E-state index is 13.0. The molecule has 4 nitrogen and oxygen atoms in total. The Morgan fingerprint density at radius 2 is 1.59 bits per heavy atom. The van der Waals surface area contributed by atoms with Gasteiger partial charge in [-0.15, -0.1) is 0 Å². The fraction of sp³-hybridized carbons (Fsp3) is 0.154. The van der Waals surface area contributed by atoms with E-state index in [4.69, 9.17) is 11.6 Å². The number of carbonyl (C=O) groups excluding carboxylic acids is 2. The van der Waals surface area contributed by atoms with Crippen LogP contribution in [0.3, 0.4) is 0 Å². The van der Waals surface area contributed by atoms with Gasteiger partial charge in [0.15, 0.2) is 0 Å². The number of amides is 2. The summed E-state index contributed by atoms with van der Waals surface area (Å²) in [4.78, 5) is 25.9. The number of carbonyl (C=O) groups is 2. The zero-order valence-electron chi connectivity index (χ0n) is 18.1. The van der Waals surface area contributed by atoms with Crippen molar-refractivity contribution in [1.82, 2.24) is 5.32 Å². The second kappa shape index (κ2) is 10.2. The molecule has 6 heteroatoms. The van der Waals surface area contributed by atoms with Gasteiger partial charge in [0.1, 0.15) is 5.70 Å². The van der Waals surface area contributed by atoms with Crippen LogP contribution in [0, 0.1) is 0 Å². The lowest BCUT2D eigenvalue weighted by molar-refractivity contribution is -0.113. The Morgan fingerprint density at radius 1 is 0.938 bits per heavy atom. The predicted molar refractivity (Wildman–Crippen MR) is 135 cm³/mol. The Balaban J connectivity index is 1.87. The highest BCUT2D eigenvalue weighted by Gasteiger charge is 2.17. The van der Waals surface area contributed by atoms with Crippen LogP contribution < -0.4 is 10.6 Å². The number of hydrogen-bond acceptors (Lipinski definition) is 2. The molecule has 0 fully saturated rings. The first-order chi connectivity index (χ1) is 15.1. The molecule has 0 unspecified atom stereocenters.